The van der Waals surface area contributed by atoms with E-state index in [9.17, 15) is 0 Å². The first-order chi connectivity index (χ1) is 10.3. The zero-order valence-corrected chi connectivity index (χ0v) is 11.9. The minimum atomic E-state index is 0.783. The molecule has 2 aromatic carbocycles. The maximum absolute atomic E-state index is 6.35. The highest BCUT2D eigenvalue weighted by Crippen LogP contribution is 2.37. The Morgan fingerprint density at radius 1 is 0.952 bits per heavy atom. The molecule has 2 heterocycles. The molecule has 5 rings (SSSR count). The molecular formula is C18H11ClN2. The molecule has 21 heavy (non-hydrogen) atoms. The van der Waals surface area contributed by atoms with Gasteiger partial charge in [0.05, 0.1) is 27.8 Å². The van der Waals surface area contributed by atoms with Crippen LogP contribution in [0.2, 0.25) is 0 Å². The van der Waals surface area contributed by atoms with E-state index < -0.39 is 0 Å². The molecule has 3 heteroatoms. The molecule has 1 aliphatic carbocycles. The van der Waals surface area contributed by atoms with Gasteiger partial charge in [-0.15, -0.1) is 0 Å². The number of aromatic nitrogens is 2. The van der Waals surface area contributed by atoms with Gasteiger partial charge in [0.25, 0.3) is 0 Å². The summed E-state index contributed by atoms with van der Waals surface area (Å²) in [6.07, 6.45) is 2.78. The maximum atomic E-state index is 6.35. The van der Waals surface area contributed by atoms with Crippen molar-refractivity contribution in [3.63, 3.8) is 0 Å². The molecule has 0 atom stereocenters. The summed E-state index contributed by atoms with van der Waals surface area (Å²) in [6, 6.07) is 16.8. The Balaban J connectivity index is 2.18. The van der Waals surface area contributed by atoms with E-state index in [1.807, 2.05) is 12.1 Å². The van der Waals surface area contributed by atoms with Gasteiger partial charge in [-0.3, -0.25) is 0 Å². The van der Waals surface area contributed by atoms with Crippen LogP contribution in [0.4, 0.5) is 0 Å². The molecule has 0 radical (unpaired) electrons. The van der Waals surface area contributed by atoms with Gasteiger partial charge in [0.1, 0.15) is 0 Å². The molecule has 0 fully saturated rings. The fourth-order valence-electron chi connectivity index (χ4n) is 3.40. The third kappa shape index (κ3) is 1.40. The average Bonchev–Trinajstić information content (AvgIpc) is 2.84. The molecule has 2 aromatic heterocycles. The van der Waals surface area contributed by atoms with Crippen molar-refractivity contribution in [2.45, 2.75) is 6.42 Å². The molecule has 0 saturated carbocycles. The Kier molecular flexibility index (Phi) is 2.09. The van der Waals surface area contributed by atoms with Crippen molar-refractivity contribution in [1.29, 1.82) is 0 Å². The third-order valence-corrected chi connectivity index (χ3v) is 4.47. The second-order valence-electron chi connectivity index (χ2n) is 5.43. The SMILES string of the molecule is ClC1=Cc2nc3ccccc3n3c2c(c2ccccc23)C1. The summed E-state index contributed by atoms with van der Waals surface area (Å²) in [4.78, 5) is 4.80. The van der Waals surface area contributed by atoms with E-state index >= 15 is 0 Å². The van der Waals surface area contributed by atoms with Gasteiger partial charge < -0.3 is 4.40 Å². The lowest BCUT2D eigenvalue weighted by atomic mass is 10.0. The number of nitrogens with zero attached hydrogens (tertiary/aromatic N) is 2. The average molecular weight is 291 g/mol. The van der Waals surface area contributed by atoms with Gasteiger partial charge in [-0.05, 0) is 29.8 Å². The van der Waals surface area contributed by atoms with Crippen LogP contribution in [0.3, 0.4) is 0 Å². The third-order valence-electron chi connectivity index (χ3n) is 4.22. The molecule has 1 aliphatic rings. The molecule has 4 aromatic rings. The normalized spacial score (nSPS) is 14.0. The highest BCUT2D eigenvalue weighted by Gasteiger charge is 2.21. The van der Waals surface area contributed by atoms with Crippen LogP contribution < -0.4 is 0 Å². The van der Waals surface area contributed by atoms with Crippen molar-refractivity contribution in [1.82, 2.24) is 9.38 Å². The van der Waals surface area contributed by atoms with E-state index in [4.69, 9.17) is 16.6 Å². The summed E-state index contributed by atoms with van der Waals surface area (Å²) in [5, 5.41) is 2.12. The Bertz CT molecular complexity index is 1070. The van der Waals surface area contributed by atoms with Gasteiger partial charge in [0, 0.05) is 16.8 Å². The van der Waals surface area contributed by atoms with Crippen LogP contribution in [0.5, 0.6) is 0 Å². The molecule has 2 nitrogen and oxygen atoms in total. The topological polar surface area (TPSA) is 17.3 Å². The van der Waals surface area contributed by atoms with Crippen LogP contribution in [0.15, 0.2) is 53.6 Å². The summed E-state index contributed by atoms with van der Waals surface area (Å²) in [5.74, 6) is 0. The molecular weight excluding hydrogens is 280 g/mol. The van der Waals surface area contributed by atoms with E-state index in [1.165, 1.54) is 22.0 Å². The fourth-order valence-corrected chi connectivity index (χ4v) is 3.64. The van der Waals surface area contributed by atoms with Crippen LogP contribution in [0.1, 0.15) is 11.3 Å². The molecule has 0 amide bonds. The molecule has 0 bridgehead atoms. The van der Waals surface area contributed by atoms with Gasteiger partial charge >= 0.3 is 0 Å². The smallest absolute Gasteiger partial charge is 0.0893 e. The first-order valence-electron chi connectivity index (χ1n) is 7.00. The minimum absolute atomic E-state index is 0.783. The van der Waals surface area contributed by atoms with E-state index in [0.717, 1.165) is 28.2 Å². The first-order valence-corrected chi connectivity index (χ1v) is 7.37. The predicted octanol–water partition coefficient (Wildman–Crippen LogP) is 4.78. The Labute approximate surface area is 126 Å². The Morgan fingerprint density at radius 2 is 1.71 bits per heavy atom. The van der Waals surface area contributed by atoms with Gasteiger partial charge in [-0.25, -0.2) is 4.98 Å². The predicted molar refractivity (Wildman–Crippen MR) is 87.7 cm³/mol. The summed E-state index contributed by atoms with van der Waals surface area (Å²) in [7, 11) is 0. The first kappa shape index (κ1) is 11.4. The zero-order valence-electron chi connectivity index (χ0n) is 11.2. The summed E-state index contributed by atoms with van der Waals surface area (Å²) >= 11 is 6.35. The molecule has 100 valence electrons. The number of rotatable bonds is 0. The van der Waals surface area contributed by atoms with Gasteiger partial charge in [-0.2, -0.15) is 0 Å². The quantitative estimate of drug-likeness (QED) is 0.456. The van der Waals surface area contributed by atoms with Crippen LogP contribution >= 0.6 is 11.6 Å². The monoisotopic (exact) mass is 290 g/mol. The number of halogens is 1. The number of para-hydroxylation sites is 3. The van der Waals surface area contributed by atoms with Crippen molar-refractivity contribution >= 4 is 45.1 Å². The maximum Gasteiger partial charge on any atom is 0.0893 e. The second-order valence-corrected chi connectivity index (χ2v) is 5.92. The highest BCUT2D eigenvalue weighted by atomic mass is 35.5. The number of hydrogen-bond donors (Lipinski definition) is 0. The van der Waals surface area contributed by atoms with E-state index in [1.54, 1.807) is 0 Å². The van der Waals surface area contributed by atoms with Crippen LogP contribution in [0, 0.1) is 0 Å². The largest absolute Gasteiger partial charge is 0.305 e. The van der Waals surface area contributed by atoms with Gasteiger partial charge in [0.2, 0.25) is 0 Å². The summed E-state index contributed by atoms with van der Waals surface area (Å²) < 4.78 is 2.32. The van der Waals surface area contributed by atoms with Crippen molar-refractivity contribution in [3.8, 4) is 0 Å². The van der Waals surface area contributed by atoms with Crippen molar-refractivity contribution < 1.29 is 0 Å². The molecule has 0 spiro atoms. The lowest BCUT2D eigenvalue weighted by Crippen LogP contribution is -2.00. The van der Waals surface area contributed by atoms with E-state index in [2.05, 4.69) is 46.9 Å². The van der Waals surface area contributed by atoms with Crippen molar-refractivity contribution in [3.05, 3.63) is 64.8 Å². The molecule has 0 unspecified atom stereocenters. The molecule has 0 N–H and O–H groups in total. The molecule has 0 saturated heterocycles. The van der Waals surface area contributed by atoms with E-state index in [-0.39, 0.29) is 0 Å². The van der Waals surface area contributed by atoms with Crippen LogP contribution in [-0.2, 0) is 6.42 Å². The minimum Gasteiger partial charge on any atom is -0.305 e. The van der Waals surface area contributed by atoms with Gasteiger partial charge in [-0.1, -0.05) is 41.9 Å². The summed E-state index contributed by atoms with van der Waals surface area (Å²) in [5.41, 5.74) is 6.81. The Morgan fingerprint density at radius 3 is 2.62 bits per heavy atom. The number of benzene rings is 2. The van der Waals surface area contributed by atoms with Crippen LogP contribution in [-0.4, -0.2) is 9.38 Å². The number of fused-ring (bicyclic) bond motifs is 5. The Hall–Kier alpha value is -2.32. The summed E-state index contributed by atoms with van der Waals surface area (Å²) in [6.45, 7) is 0. The van der Waals surface area contributed by atoms with Crippen LogP contribution in [0.25, 0.3) is 33.5 Å². The lowest BCUT2D eigenvalue weighted by molar-refractivity contribution is 1.19. The molecule has 0 aliphatic heterocycles. The standard InChI is InChI=1S/C18H11ClN2/c19-11-9-13-12-5-1-3-7-16(12)21-17-8-4-2-6-14(17)20-15(10-11)18(13)21/h1-8,10H,9H2. The lowest BCUT2D eigenvalue weighted by Gasteiger charge is -2.12. The number of allylic oxidation sites excluding steroid dienone is 1. The second kappa shape index (κ2) is 3.86. The zero-order chi connectivity index (χ0) is 14.0. The van der Waals surface area contributed by atoms with Crippen molar-refractivity contribution in [2.24, 2.45) is 0 Å². The van der Waals surface area contributed by atoms with Crippen molar-refractivity contribution in [2.75, 3.05) is 0 Å². The number of hydrogen-bond acceptors (Lipinski definition) is 1. The highest BCUT2D eigenvalue weighted by molar-refractivity contribution is 6.32. The van der Waals surface area contributed by atoms with E-state index in [0.29, 0.717) is 0 Å². The van der Waals surface area contributed by atoms with Gasteiger partial charge in [0.15, 0.2) is 0 Å². The fraction of sp³-hybridized carbons (Fsp3) is 0.0556.